The standard InChI is InChI=1S/C22H18N2O3/c1-13-5-6-17(8-14(13)2)24-19-10-15(21-4-3-7-27-21)11-20(25)18(19)9-16(12-23)22(24)26/h3-9,15H,10-11H2,1-2H3. The Morgan fingerprint density at radius 3 is 2.59 bits per heavy atom. The molecule has 134 valence electrons. The predicted octanol–water partition coefficient (Wildman–Crippen LogP) is 3.83. The first-order chi connectivity index (χ1) is 13.0. The van der Waals surface area contributed by atoms with Gasteiger partial charge in [0.1, 0.15) is 17.4 Å². The van der Waals surface area contributed by atoms with Crippen molar-refractivity contribution < 1.29 is 9.21 Å². The summed E-state index contributed by atoms with van der Waals surface area (Å²) in [5.74, 6) is 0.536. The number of pyridine rings is 1. The molecule has 0 fully saturated rings. The first-order valence-electron chi connectivity index (χ1n) is 8.83. The Morgan fingerprint density at radius 2 is 1.93 bits per heavy atom. The van der Waals surface area contributed by atoms with Crippen LogP contribution >= 0.6 is 0 Å². The summed E-state index contributed by atoms with van der Waals surface area (Å²) >= 11 is 0. The number of carbonyl (C=O) groups is 1. The number of nitrogens with zero attached hydrogens (tertiary/aromatic N) is 2. The smallest absolute Gasteiger partial charge is 0.273 e. The number of fused-ring (bicyclic) bond motifs is 1. The van der Waals surface area contributed by atoms with Crippen molar-refractivity contribution in [1.29, 1.82) is 5.26 Å². The Balaban J connectivity index is 1.97. The summed E-state index contributed by atoms with van der Waals surface area (Å²) in [5, 5.41) is 9.39. The quantitative estimate of drug-likeness (QED) is 0.698. The van der Waals surface area contributed by atoms with Gasteiger partial charge < -0.3 is 4.42 Å². The van der Waals surface area contributed by atoms with Crippen molar-refractivity contribution in [3.63, 3.8) is 0 Å². The average molecular weight is 358 g/mol. The Hall–Kier alpha value is -3.39. The summed E-state index contributed by atoms with van der Waals surface area (Å²) in [6.07, 6.45) is 2.39. The number of rotatable bonds is 2. The van der Waals surface area contributed by atoms with Crippen molar-refractivity contribution in [3.8, 4) is 11.8 Å². The van der Waals surface area contributed by atoms with Crippen LogP contribution in [0.5, 0.6) is 0 Å². The van der Waals surface area contributed by atoms with Gasteiger partial charge in [0.15, 0.2) is 5.78 Å². The number of aromatic nitrogens is 1. The molecule has 1 atom stereocenters. The maximum absolute atomic E-state index is 13.0. The van der Waals surface area contributed by atoms with Crippen LogP contribution in [-0.4, -0.2) is 10.4 Å². The van der Waals surface area contributed by atoms with E-state index in [0.717, 1.165) is 16.9 Å². The van der Waals surface area contributed by atoms with E-state index in [-0.39, 0.29) is 17.3 Å². The highest BCUT2D eigenvalue weighted by atomic mass is 16.3. The molecule has 0 N–H and O–H groups in total. The number of hydrogen-bond acceptors (Lipinski definition) is 4. The molecule has 0 aliphatic heterocycles. The van der Waals surface area contributed by atoms with E-state index in [1.807, 2.05) is 44.2 Å². The number of nitriles is 1. The first-order valence-corrected chi connectivity index (χ1v) is 8.83. The minimum Gasteiger partial charge on any atom is -0.469 e. The molecule has 2 aromatic heterocycles. The molecule has 1 aliphatic carbocycles. The highest BCUT2D eigenvalue weighted by molar-refractivity contribution is 5.99. The molecule has 4 rings (SSSR count). The Kier molecular flexibility index (Phi) is 4.04. The molecule has 0 radical (unpaired) electrons. The normalized spacial score (nSPS) is 16.0. The van der Waals surface area contributed by atoms with Crippen LogP contribution < -0.4 is 5.56 Å². The maximum Gasteiger partial charge on any atom is 0.273 e. The minimum atomic E-state index is -0.396. The van der Waals surface area contributed by atoms with Gasteiger partial charge in [-0.05, 0) is 61.7 Å². The van der Waals surface area contributed by atoms with Gasteiger partial charge in [0.05, 0.1) is 6.26 Å². The SMILES string of the molecule is Cc1ccc(-n2c3c(cc(C#N)c2=O)C(=O)CC(c2ccco2)C3)cc1C. The molecule has 1 aromatic carbocycles. The van der Waals surface area contributed by atoms with Gasteiger partial charge in [0, 0.05) is 29.3 Å². The van der Waals surface area contributed by atoms with E-state index in [1.54, 1.807) is 12.3 Å². The van der Waals surface area contributed by atoms with Crippen LogP contribution in [-0.2, 0) is 6.42 Å². The average Bonchev–Trinajstić information content (AvgIpc) is 3.18. The van der Waals surface area contributed by atoms with Crippen molar-refractivity contribution in [2.75, 3.05) is 0 Å². The van der Waals surface area contributed by atoms with Gasteiger partial charge in [-0.15, -0.1) is 0 Å². The first kappa shape index (κ1) is 17.0. The zero-order chi connectivity index (χ0) is 19.1. The van der Waals surface area contributed by atoms with Gasteiger partial charge in [0.25, 0.3) is 5.56 Å². The van der Waals surface area contributed by atoms with Gasteiger partial charge in [-0.3, -0.25) is 14.2 Å². The van der Waals surface area contributed by atoms with Crippen molar-refractivity contribution >= 4 is 5.78 Å². The number of benzene rings is 1. The van der Waals surface area contributed by atoms with Crippen LogP contribution in [0.1, 0.15) is 50.8 Å². The fraction of sp³-hybridized carbons (Fsp3) is 0.227. The summed E-state index contributed by atoms with van der Waals surface area (Å²) < 4.78 is 7.02. The highest BCUT2D eigenvalue weighted by Crippen LogP contribution is 2.33. The molecule has 0 saturated heterocycles. The molecule has 27 heavy (non-hydrogen) atoms. The Morgan fingerprint density at radius 1 is 1.11 bits per heavy atom. The van der Waals surface area contributed by atoms with Crippen LogP contribution in [0.2, 0.25) is 0 Å². The second-order valence-electron chi connectivity index (χ2n) is 6.98. The Labute approximate surface area is 156 Å². The lowest BCUT2D eigenvalue weighted by molar-refractivity contribution is 0.0958. The molecule has 0 amide bonds. The van der Waals surface area contributed by atoms with Gasteiger partial charge in [-0.1, -0.05) is 6.07 Å². The lowest BCUT2D eigenvalue weighted by Gasteiger charge is -2.26. The lowest BCUT2D eigenvalue weighted by atomic mass is 9.83. The van der Waals surface area contributed by atoms with Gasteiger partial charge in [-0.2, -0.15) is 5.26 Å². The third-order valence-corrected chi connectivity index (χ3v) is 5.29. The molecule has 0 bridgehead atoms. The van der Waals surface area contributed by atoms with Crippen LogP contribution in [0.4, 0.5) is 0 Å². The topological polar surface area (TPSA) is 76.0 Å². The number of ketones is 1. The van der Waals surface area contributed by atoms with Crippen LogP contribution in [0.25, 0.3) is 5.69 Å². The molecule has 2 heterocycles. The third kappa shape index (κ3) is 2.80. The third-order valence-electron chi connectivity index (χ3n) is 5.29. The number of carbonyl (C=O) groups excluding carboxylic acids is 1. The van der Waals surface area contributed by atoms with E-state index in [1.165, 1.54) is 10.6 Å². The monoisotopic (exact) mass is 358 g/mol. The molecule has 0 spiro atoms. The lowest BCUT2D eigenvalue weighted by Crippen LogP contribution is -2.31. The van der Waals surface area contributed by atoms with E-state index in [2.05, 4.69) is 0 Å². The molecule has 3 aromatic rings. The molecular formula is C22H18N2O3. The molecular weight excluding hydrogens is 340 g/mol. The molecule has 5 nitrogen and oxygen atoms in total. The summed E-state index contributed by atoms with van der Waals surface area (Å²) in [6, 6.07) is 12.7. The van der Waals surface area contributed by atoms with Gasteiger partial charge in [0.2, 0.25) is 0 Å². The zero-order valence-corrected chi connectivity index (χ0v) is 15.2. The number of Topliss-reactive ketones (excluding diaryl/α,β-unsaturated/α-hetero) is 1. The van der Waals surface area contributed by atoms with Crippen molar-refractivity contribution in [3.05, 3.63) is 86.7 Å². The summed E-state index contributed by atoms with van der Waals surface area (Å²) in [5.41, 5.74) is 3.50. The second-order valence-corrected chi connectivity index (χ2v) is 6.98. The van der Waals surface area contributed by atoms with E-state index in [4.69, 9.17) is 4.42 Å². The van der Waals surface area contributed by atoms with E-state index in [9.17, 15) is 14.9 Å². The number of hydrogen-bond donors (Lipinski definition) is 0. The number of aryl methyl sites for hydroxylation is 2. The van der Waals surface area contributed by atoms with Crippen LogP contribution in [0.3, 0.4) is 0 Å². The molecule has 0 saturated carbocycles. The van der Waals surface area contributed by atoms with Crippen molar-refractivity contribution in [1.82, 2.24) is 4.57 Å². The van der Waals surface area contributed by atoms with Crippen molar-refractivity contribution in [2.24, 2.45) is 0 Å². The minimum absolute atomic E-state index is 0.0169. The van der Waals surface area contributed by atoms with Crippen molar-refractivity contribution in [2.45, 2.75) is 32.6 Å². The van der Waals surface area contributed by atoms with E-state index < -0.39 is 5.56 Å². The molecule has 1 unspecified atom stereocenters. The maximum atomic E-state index is 13.0. The van der Waals surface area contributed by atoms with E-state index in [0.29, 0.717) is 29.8 Å². The Bertz CT molecular complexity index is 1150. The van der Waals surface area contributed by atoms with Gasteiger partial charge in [-0.25, -0.2) is 0 Å². The number of furan rings is 1. The fourth-order valence-corrected chi connectivity index (χ4v) is 3.68. The largest absolute Gasteiger partial charge is 0.469 e. The van der Waals surface area contributed by atoms with E-state index >= 15 is 0 Å². The van der Waals surface area contributed by atoms with Crippen LogP contribution in [0, 0.1) is 25.2 Å². The molecule has 1 aliphatic rings. The fourth-order valence-electron chi connectivity index (χ4n) is 3.68. The van der Waals surface area contributed by atoms with Crippen LogP contribution in [0.15, 0.2) is 51.9 Å². The molecule has 5 heteroatoms. The summed E-state index contributed by atoms with van der Waals surface area (Å²) in [4.78, 5) is 25.8. The predicted molar refractivity (Wildman–Crippen MR) is 100 cm³/mol. The summed E-state index contributed by atoms with van der Waals surface area (Å²) in [6.45, 7) is 3.97. The zero-order valence-electron chi connectivity index (χ0n) is 15.2. The second kappa shape index (κ2) is 6.40. The van der Waals surface area contributed by atoms with Gasteiger partial charge >= 0.3 is 0 Å². The summed E-state index contributed by atoms with van der Waals surface area (Å²) in [7, 11) is 0. The highest BCUT2D eigenvalue weighted by Gasteiger charge is 2.31.